The van der Waals surface area contributed by atoms with Crippen molar-refractivity contribution in [2.24, 2.45) is 0 Å². The first-order valence-electron chi connectivity index (χ1n) is 8.39. The first-order valence-corrected chi connectivity index (χ1v) is 9.20. The monoisotopic (exact) mass is 373 g/mol. The van der Waals surface area contributed by atoms with E-state index in [-0.39, 0.29) is 5.91 Å². The van der Waals surface area contributed by atoms with Gasteiger partial charge in [-0.05, 0) is 37.7 Å². The number of esters is 1. The Morgan fingerprint density at radius 3 is 2.69 bits per heavy atom. The molecule has 1 aromatic heterocycles. The van der Waals surface area contributed by atoms with E-state index in [0.29, 0.717) is 23.7 Å². The fraction of sp³-hybridized carbons (Fsp3) is 0.368. The lowest BCUT2D eigenvalue weighted by Crippen LogP contribution is -2.25. The van der Waals surface area contributed by atoms with Crippen LogP contribution in [0.2, 0.25) is 0 Å². The van der Waals surface area contributed by atoms with Crippen molar-refractivity contribution in [3.63, 3.8) is 0 Å². The molecule has 26 heavy (non-hydrogen) atoms. The van der Waals surface area contributed by atoms with Crippen LogP contribution in [0, 0.1) is 0 Å². The second-order valence-electron chi connectivity index (χ2n) is 6.63. The van der Waals surface area contributed by atoms with Crippen LogP contribution in [0.3, 0.4) is 0 Å². The fourth-order valence-electron chi connectivity index (χ4n) is 3.37. The van der Waals surface area contributed by atoms with Crippen LogP contribution in [0.1, 0.15) is 27.7 Å². The maximum absolute atomic E-state index is 12.4. The number of nitrogen functional groups attached to an aromatic ring is 1. The van der Waals surface area contributed by atoms with Crippen LogP contribution in [-0.4, -0.2) is 44.5 Å². The quantitative estimate of drug-likeness (QED) is 0.834. The first-order chi connectivity index (χ1) is 12.3. The topological polar surface area (TPSA) is 75.9 Å². The number of anilines is 2. The molecule has 1 aromatic carbocycles. The summed E-state index contributed by atoms with van der Waals surface area (Å²) < 4.78 is 4.96. The van der Waals surface area contributed by atoms with Gasteiger partial charge >= 0.3 is 5.97 Å². The van der Waals surface area contributed by atoms with Crippen LogP contribution >= 0.6 is 11.3 Å². The molecular weight excluding hydrogens is 350 g/mol. The van der Waals surface area contributed by atoms with Gasteiger partial charge in [-0.3, -0.25) is 4.79 Å². The van der Waals surface area contributed by atoms with Gasteiger partial charge in [-0.25, -0.2) is 4.79 Å². The van der Waals surface area contributed by atoms with Crippen molar-refractivity contribution in [1.29, 1.82) is 0 Å². The molecule has 0 aliphatic carbocycles. The second kappa shape index (κ2) is 7.09. The highest BCUT2D eigenvalue weighted by molar-refractivity contribution is 7.17. The van der Waals surface area contributed by atoms with E-state index in [9.17, 15) is 9.59 Å². The smallest absolute Gasteiger partial charge is 0.341 e. The molecule has 3 rings (SSSR count). The number of ether oxygens (including phenoxy) is 1. The minimum absolute atomic E-state index is 0.0208. The summed E-state index contributed by atoms with van der Waals surface area (Å²) in [5.41, 5.74) is 10.3. The van der Waals surface area contributed by atoms with E-state index in [0.717, 1.165) is 33.7 Å². The number of rotatable bonds is 4. The van der Waals surface area contributed by atoms with Crippen molar-refractivity contribution >= 4 is 33.9 Å². The zero-order valence-electron chi connectivity index (χ0n) is 15.5. The Morgan fingerprint density at radius 1 is 1.35 bits per heavy atom. The molecule has 0 spiro atoms. The Bertz CT molecular complexity index is 873. The summed E-state index contributed by atoms with van der Waals surface area (Å²) in [4.78, 5) is 29.1. The molecule has 0 atom stereocenters. The molecule has 0 bridgehead atoms. The molecule has 2 N–H and O–H groups in total. The van der Waals surface area contributed by atoms with E-state index in [2.05, 4.69) is 0 Å². The molecule has 0 saturated carbocycles. The average molecular weight is 373 g/mol. The Hall–Kier alpha value is -2.38. The summed E-state index contributed by atoms with van der Waals surface area (Å²) in [7, 11) is 5.30. The number of carbonyl (C=O) groups excluding carboxylic acids is 2. The van der Waals surface area contributed by atoms with Gasteiger partial charge in [-0.1, -0.05) is 12.1 Å². The van der Waals surface area contributed by atoms with Gasteiger partial charge in [0.25, 0.3) is 0 Å². The van der Waals surface area contributed by atoms with Crippen LogP contribution in [0.15, 0.2) is 18.2 Å². The standard InChI is InChI=1S/C19H23N3O3S/c1-11(23)22-8-7-12-5-6-13(9-14(12)22)16-15(10-21(2)3)26-18(20)17(16)19(24)25-4/h5-6,9H,7-8,10,20H2,1-4H3. The van der Waals surface area contributed by atoms with Gasteiger partial charge in [0.1, 0.15) is 10.6 Å². The number of fused-ring (bicyclic) bond motifs is 1. The number of benzene rings is 1. The molecule has 0 fully saturated rings. The van der Waals surface area contributed by atoms with Crippen molar-refractivity contribution in [2.45, 2.75) is 19.9 Å². The Kier molecular flexibility index (Phi) is 5.02. The van der Waals surface area contributed by atoms with Crippen molar-refractivity contribution in [3.05, 3.63) is 34.2 Å². The van der Waals surface area contributed by atoms with E-state index in [4.69, 9.17) is 10.5 Å². The number of hydrogen-bond donors (Lipinski definition) is 1. The predicted molar refractivity (Wildman–Crippen MR) is 105 cm³/mol. The highest BCUT2D eigenvalue weighted by Gasteiger charge is 2.27. The van der Waals surface area contributed by atoms with Crippen molar-refractivity contribution in [1.82, 2.24) is 4.90 Å². The Labute approximate surface area is 157 Å². The summed E-state index contributed by atoms with van der Waals surface area (Å²) >= 11 is 1.40. The molecule has 0 unspecified atom stereocenters. The molecule has 0 radical (unpaired) electrons. The van der Waals surface area contributed by atoms with Crippen LogP contribution in [0.25, 0.3) is 11.1 Å². The molecule has 1 amide bonds. The number of hydrogen-bond acceptors (Lipinski definition) is 6. The fourth-order valence-corrected chi connectivity index (χ4v) is 4.57. The number of amides is 1. The third kappa shape index (κ3) is 3.20. The van der Waals surface area contributed by atoms with Crippen molar-refractivity contribution in [3.8, 4) is 11.1 Å². The molecule has 2 heterocycles. The maximum atomic E-state index is 12.4. The normalized spacial score (nSPS) is 13.2. The largest absolute Gasteiger partial charge is 0.465 e. The Balaban J connectivity index is 2.18. The first kappa shape index (κ1) is 18.4. The third-order valence-electron chi connectivity index (χ3n) is 4.51. The molecular formula is C19H23N3O3S. The predicted octanol–water partition coefficient (Wildman–Crippen LogP) is 2.75. The van der Waals surface area contributed by atoms with Gasteiger partial charge < -0.3 is 20.3 Å². The van der Waals surface area contributed by atoms with Crippen LogP contribution in [-0.2, 0) is 22.5 Å². The summed E-state index contributed by atoms with van der Waals surface area (Å²) in [5.74, 6) is -0.421. The second-order valence-corrected chi connectivity index (χ2v) is 7.77. The number of nitrogens with zero attached hydrogens (tertiary/aromatic N) is 2. The zero-order chi connectivity index (χ0) is 19.0. The number of methoxy groups -OCH3 is 1. The van der Waals surface area contributed by atoms with Crippen molar-refractivity contribution < 1.29 is 14.3 Å². The van der Waals surface area contributed by atoms with Crippen LogP contribution in [0.4, 0.5) is 10.7 Å². The third-order valence-corrected chi connectivity index (χ3v) is 5.51. The maximum Gasteiger partial charge on any atom is 0.341 e. The summed E-state index contributed by atoms with van der Waals surface area (Å²) in [5, 5.41) is 0.452. The lowest BCUT2D eigenvalue weighted by molar-refractivity contribution is -0.116. The lowest BCUT2D eigenvalue weighted by Gasteiger charge is -2.17. The summed E-state index contributed by atoms with van der Waals surface area (Å²) in [6.07, 6.45) is 0.843. The minimum atomic E-state index is -0.442. The zero-order valence-corrected chi connectivity index (χ0v) is 16.3. The minimum Gasteiger partial charge on any atom is -0.465 e. The molecule has 6 nitrogen and oxygen atoms in total. The molecule has 1 aliphatic rings. The van der Waals surface area contributed by atoms with Gasteiger partial charge in [0.05, 0.1) is 7.11 Å². The average Bonchev–Trinajstić information content (AvgIpc) is 3.13. The number of nitrogens with two attached hydrogens (primary N) is 1. The molecule has 0 saturated heterocycles. The van der Waals surface area contributed by atoms with Gasteiger partial charge in [-0.2, -0.15) is 0 Å². The number of carbonyl (C=O) groups is 2. The SMILES string of the molecule is COC(=O)c1c(N)sc(CN(C)C)c1-c1ccc2c(c1)N(C(C)=O)CC2. The van der Waals surface area contributed by atoms with Crippen molar-refractivity contribution in [2.75, 3.05) is 38.4 Å². The van der Waals surface area contributed by atoms with E-state index < -0.39 is 5.97 Å². The van der Waals surface area contributed by atoms with Crippen LogP contribution < -0.4 is 10.6 Å². The highest BCUT2D eigenvalue weighted by Crippen LogP contribution is 2.42. The summed E-state index contributed by atoms with van der Waals surface area (Å²) in [6, 6.07) is 6.01. The lowest BCUT2D eigenvalue weighted by atomic mass is 9.98. The van der Waals surface area contributed by atoms with Crippen LogP contribution in [0.5, 0.6) is 0 Å². The Morgan fingerprint density at radius 2 is 2.08 bits per heavy atom. The molecule has 138 valence electrons. The van der Waals surface area contributed by atoms with Gasteiger partial charge in [-0.15, -0.1) is 11.3 Å². The molecule has 1 aliphatic heterocycles. The highest BCUT2D eigenvalue weighted by atomic mass is 32.1. The van der Waals surface area contributed by atoms with E-state index in [1.165, 1.54) is 18.4 Å². The van der Waals surface area contributed by atoms with E-state index in [1.807, 2.05) is 37.2 Å². The van der Waals surface area contributed by atoms with Gasteiger partial charge in [0.15, 0.2) is 0 Å². The summed E-state index contributed by atoms with van der Waals surface area (Å²) in [6.45, 7) is 2.92. The number of thiophene rings is 1. The van der Waals surface area contributed by atoms with E-state index in [1.54, 1.807) is 11.8 Å². The van der Waals surface area contributed by atoms with Gasteiger partial charge in [0, 0.05) is 36.1 Å². The molecule has 7 heteroatoms. The molecule has 2 aromatic rings. The van der Waals surface area contributed by atoms with Gasteiger partial charge in [0.2, 0.25) is 5.91 Å². The van der Waals surface area contributed by atoms with E-state index >= 15 is 0 Å².